The zero-order valence-corrected chi connectivity index (χ0v) is 12.9. The van der Waals surface area contributed by atoms with Crippen LogP contribution < -0.4 is 5.32 Å². The van der Waals surface area contributed by atoms with Crippen molar-refractivity contribution in [3.05, 3.63) is 71.8 Å². The molecule has 0 amide bonds. The van der Waals surface area contributed by atoms with Gasteiger partial charge in [0, 0.05) is 6.54 Å². The van der Waals surface area contributed by atoms with Crippen molar-refractivity contribution in [3.63, 3.8) is 0 Å². The van der Waals surface area contributed by atoms with Crippen LogP contribution in [0.3, 0.4) is 0 Å². The number of nitrogens with one attached hydrogen (secondary N) is 1. The summed E-state index contributed by atoms with van der Waals surface area (Å²) in [6, 6.07) is 19.1. The Morgan fingerprint density at radius 1 is 1.00 bits per heavy atom. The number of benzene rings is 2. The fraction of sp³-hybridized carbons (Fsp3) is 0.316. The second-order valence-electron chi connectivity index (χ2n) is 5.83. The van der Waals surface area contributed by atoms with Crippen molar-refractivity contribution in [2.75, 3.05) is 6.54 Å². The lowest BCUT2D eigenvalue weighted by Gasteiger charge is -2.27. The van der Waals surface area contributed by atoms with E-state index in [0.29, 0.717) is 19.4 Å². The fourth-order valence-corrected chi connectivity index (χ4v) is 2.83. The monoisotopic (exact) mass is 311 g/mol. The lowest BCUT2D eigenvalue weighted by atomic mass is 10.0. The fourth-order valence-electron chi connectivity index (χ4n) is 2.83. The second kappa shape index (κ2) is 7.40. The highest BCUT2D eigenvalue weighted by molar-refractivity contribution is 5.76. The Bertz CT molecular complexity index is 582. The highest BCUT2D eigenvalue weighted by Crippen LogP contribution is 2.27. The predicted octanol–water partition coefficient (Wildman–Crippen LogP) is 2.43. The summed E-state index contributed by atoms with van der Waals surface area (Å²) in [5.74, 6) is -0.269. The number of esters is 1. The van der Waals surface area contributed by atoms with Crippen LogP contribution in [0.25, 0.3) is 0 Å². The van der Waals surface area contributed by atoms with Crippen molar-refractivity contribution in [3.8, 4) is 0 Å². The highest BCUT2D eigenvalue weighted by Gasteiger charge is 2.28. The van der Waals surface area contributed by atoms with Gasteiger partial charge in [-0.1, -0.05) is 60.7 Å². The summed E-state index contributed by atoms with van der Waals surface area (Å²) in [5.41, 5.74) is 1.89. The van der Waals surface area contributed by atoms with Crippen molar-refractivity contribution < 1.29 is 14.6 Å². The average molecular weight is 311 g/mol. The molecule has 2 N–H and O–H groups in total. The van der Waals surface area contributed by atoms with Gasteiger partial charge in [-0.15, -0.1) is 0 Å². The third kappa shape index (κ3) is 3.97. The number of hydrogen-bond donors (Lipinski definition) is 2. The first-order chi connectivity index (χ1) is 11.2. The molecule has 0 saturated carbocycles. The molecule has 3 rings (SSSR count). The first kappa shape index (κ1) is 15.7. The lowest BCUT2D eigenvalue weighted by Crippen LogP contribution is -2.46. The summed E-state index contributed by atoms with van der Waals surface area (Å²) < 4.78 is 5.81. The van der Waals surface area contributed by atoms with Crippen LogP contribution in [0.2, 0.25) is 0 Å². The number of rotatable bonds is 4. The number of carbonyl (C=O) groups is 1. The minimum atomic E-state index is -0.418. The van der Waals surface area contributed by atoms with Crippen LogP contribution in [0.1, 0.15) is 30.1 Å². The van der Waals surface area contributed by atoms with Gasteiger partial charge in [-0.25, -0.2) is 0 Å². The van der Waals surface area contributed by atoms with Gasteiger partial charge >= 0.3 is 5.97 Å². The van der Waals surface area contributed by atoms with E-state index >= 15 is 0 Å². The summed E-state index contributed by atoms with van der Waals surface area (Å²) in [7, 11) is 0. The normalized spacial score (nSPS) is 21.1. The Morgan fingerprint density at radius 3 is 2.04 bits per heavy atom. The van der Waals surface area contributed by atoms with Gasteiger partial charge in [0.1, 0.15) is 6.04 Å². The van der Waals surface area contributed by atoms with Gasteiger partial charge in [-0.05, 0) is 24.0 Å². The minimum Gasteiger partial charge on any atom is -0.451 e. The van der Waals surface area contributed by atoms with Crippen molar-refractivity contribution in [2.24, 2.45) is 0 Å². The van der Waals surface area contributed by atoms with E-state index in [2.05, 4.69) is 5.32 Å². The van der Waals surface area contributed by atoms with Gasteiger partial charge in [0.05, 0.1) is 6.10 Å². The van der Waals surface area contributed by atoms with Gasteiger partial charge in [-0.3, -0.25) is 4.79 Å². The maximum absolute atomic E-state index is 12.5. The van der Waals surface area contributed by atoms with Gasteiger partial charge < -0.3 is 15.2 Å². The van der Waals surface area contributed by atoms with Crippen molar-refractivity contribution >= 4 is 5.97 Å². The van der Waals surface area contributed by atoms with E-state index in [1.165, 1.54) is 0 Å². The van der Waals surface area contributed by atoms with Crippen LogP contribution in [0, 0.1) is 0 Å². The number of aliphatic hydroxyl groups excluding tert-OH is 1. The molecular formula is C19H21NO3. The molecule has 2 aromatic carbocycles. The van der Waals surface area contributed by atoms with Crippen molar-refractivity contribution in [1.29, 1.82) is 0 Å². The topological polar surface area (TPSA) is 58.6 Å². The molecule has 1 saturated heterocycles. The Kier molecular flexibility index (Phi) is 5.05. The third-order valence-corrected chi connectivity index (χ3v) is 4.11. The van der Waals surface area contributed by atoms with Gasteiger partial charge in [0.25, 0.3) is 0 Å². The maximum atomic E-state index is 12.5. The summed E-state index contributed by atoms with van der Waals surface area (Å²) in [6.07, 6.45) is 0.418. The maximum Gasteiger partial charge on any atom is 0.324 e. The average Bonchev–Trinajstić information content (AvgIpc) is 2.61. The molecule has 4 heteroatoms. The second-order valence-corrected chi connectivity index (χ2v) is 5.83. The zero-order valence-electron chi connectivity index (χ0n) is 12.9. The van der Waals surface area contributed by atoms with E-state index in [1.807, 2.05) is 60.7 Å². The van der Waals surface area contributed by atoms with Crippen LogP contribution >= 0.6 is 0 Å². The Balaban J connectivity index is 1.78. The number of β-amino-alcohol motifs (C(OH)–C–C–N with tert-alkyl or cyclic N) is 1. The number of aliphatic hydroxyl groups is 1. The van der Waals surface area contributed by atoms with E-state index < -0.39 is 6.10 Å². The minimum absolute atomic E-state index is 0.269. The molecule has 0 aliphatic carbocycles. The van der Waals surface area contributed by atoms with Crippen LogP contribution in [0.4, 0.5) is 0 Å². The smallest absolute Gasteiger partial charge is 0.324 e. The zero-order chi connectivity index (χ0) is 16.1. The lowest BCUT2D eigenvalue weighted by molar-refractivity contribution is -0.151. The molecule has 0 unspecified atom stereocenters. The van der Waals surface area contributed by atoms with Gasteiger partial charge in [0.15, 0.2) is 6.10 Å². The van der Waals surface area contributed by atoms with E-state index in [1.54, 1.807) is 0 Å². The molecule has 23 heavy (non-hydrogen) atoms. The Labute approximate surface area is 136 Å². The molecule has 0 aromatic heterocycles. The molecule has 2 atom stereocenters. The molecule has 1 fully saturated rings. The number of hydrogen-bond acceptors (Lipinski definition) is 4. The van der Waals surface area contributed by atoms with Crippen LogP contribution in [-0.4, -0.2) is 29.8 Å². The molecule has 1 aliphatic rings. The van der Waals surface area contributed by atoms with Crippen molar-refractivity contribution in [1.82, 2.24) is 5.32 Å². The van der Waals surface area contributed by atoms with Crippen LogP contribution in [0.5, 0.6) is 0 Å². The summed E-state index contributed by atoms with van der Waals surface area (Å²) in [5, 5.41) is 12.6. The van der Waals surface area contributed by atoms with E-state index in [9.17, 15) is 9.90 Å². The summed E-state index contributed by atoms with van der Waals surface area (Å²) >= 11 is 0. The molecule has 120 valence electrons. The number of carbonyl (C=O) groups excluding carboxylic acids is 1. The van der Waals surface area contributed by atoms with E-state index in [0.717, 1.165) is 11.1 Å². The molecule has 1 aliphatic heterocycles. The van der Waals surface area contributed by atoms with E-state index in [4.69, 9.17) is 4.74 Å². The quantitative estimate of drug-likeness (QED) is 0.852. The summed E-state index contributed by atoms with van der Waals surface area (Å²) in [4.78, 5) is 12.5. The first-order valence-electron chi connectivity index (χ1n) is 7.96. The molecule has 4 nitrogen and oxygen atoms in total. The molecule has 0 spiro atoms. The molecule has 1 heterocycles. The number of ether oxygens (including phenoxy) is 1. The van der Waals surface area contributed by atoms with Gasteiger partial charge in [0.2, 0.25) is 0 Å². The molecule has 0 radical (unpaired) electrons. The summed E-state index contributed by atoms with van der Waals surface area (Å²) in [6.45, 7) is 0.432. The third-order valence-electron chi connectivity index (χ3n) is 4.11. The molecular weight excluding hydrogens is 290 g/mol. The standard InChI is InChI=1S/C19H21NO3/c21-16-11-12-17(20-13-16)19(22)23-18(14-7-3-1-4-8-14)15-9-5-2-6-10-15/h1-10,16-18,20-21H,11-13H2/t16-,17+/m1/s1. The molecule has 2 aromatic rings. The highest BCUT2D eigenvalue weighted by atomic mass is 16.5. The van der Waals surface area contributed by atoms with Crippen LogP contribution in [0.15, 0.2) is 60.7 Å². The Hall–Kier alpha value is -2.17. The SMILES string of the molecule is O=C(OC(c1ccccc1)c1ccccc1)[C@@H]1CC[C@@H](O)CN1. The van der Waals surface area contributed by atoms with E-state index in [-0.39, 0.29) is 18.1 Å². The largest absolute Gasteiger partial charge is 0.451 e. The first-order valence-corrected chi connectivity index (χ1v) is 7.96. The predicted molar refractivity (Wildman–Crippen MR) is 87.9 cm³/mol. The Morgan fingerprint density at radius 2 is 1.57 bits per heavy atom. The van der Waals surface area contributed by atoms with Gasteiger partial charge in [-0.2, -0.15) is 0 Å². The van der Waals surface area contributed by atoms with Crippen molar-refractivity contribution in [2.45, 2.75) is 31.1 Å². The molecule has 0 bridgehead atoms. The van der Waals surface area contributed by atoms with Crippen LogP contribution in [-0.2, 0) is 9.53 Å². The number of piperidine rings is 1.